The van der Waals surface area contributed by atoms with Crippen LogP contribution >= 0.6 is 0 Å². The Balaban J connectivity index is 2.19. The maximum Gasteiger partial charge on any atom is 0.320 e. The molecule has 1 atom stereocenters. The summed E-state index contributed by atoms with van der Waals surface area (Å²) in [6, 6.07) is 1.63. The molecule has 2 amide bonds. The standard InChI is InChI=1S/C17H18F3N3O/c1-16(19,20)17(6-5-10-3-4-10)12-8-13(18)11(9-21-2)7-14(12)22-15(24)23-17/h7-8,10,21H,3-4,9H2,1-2H3,(H2,22,23,24)/t17-/m0/s1. The Morgan fingerprint density at radius 1 is 1.42 bits per heavy atom. The molecular formula is C17H18F3N3O. The largest absolute Gasteiger partial charge is 0.320 e. The second kappa shape index (κ2) is 5.71. The maximum absolute atomic E-state index is 14.5. The van der Waals surface area contributed by atoms with Gasteiger partial charge in [0, 0.05) is 36.2 Å². The van der Waals surface area contributed by atoms with Gasteiger partial charge in [-0.25, -0.2) is 18.0 Å². The van der Waals surface area contributed by atoms with E-state index in [-0.39, 0.29) is 29.3 Å². The zero-order chi connectivity index (χ0) is 17.5. The van der Waals surface area contributed by atoms with Gasteiger partial charge in [0.2, 0.25) is 0 Å². The van der Waals surface area contributed by atoms with E-state index in [2.05, 4.69) is 27.8 Å². The summed E-state index contributed by atoms with van der Waals surface area (Å²) in [4.78, 5) is 12.0. The van der Waals surface area contributed by atoms with E-state index in [9.17, 15) is 18.0 Å². The topological polar surface area (TPSA) is 53.2 Å². The predicted octanol–water partition coefficient (Wildman–Crippen LogP) is 2.94. The van der Waals surface area contributed by atoms with Crippen LogP contribution in [0.25, 0.3) is 0 Å². The average molecular weight is 337 g/mol. The summed E-state index contributed by atoms with van der Waals surface area (Å²) in [5, 5.41) is 7.50. The highest BCUT2D eigenvalue weighted by Crippen LogP contribution is 2.44. The van der Waals surface area contributed by atoms with Gasteiger partial charge < -0.3 is 16.0 Å². The van der Waals surface area contributed by atoms with Crippen molar-refractivity contribution in [1.29, 1.82) is 0 Å². The molecule has 0 unspecified atom stereocenters. The van der Waals surface area contributed by atoms with Crippen molar-refractivity contribution >= 4 is 11.7 Å². The molecule has 3 rings (SSSR count). The monoisotopic (exact) mass is 337 g/mol. The van der Waals surface area contributed by atoms with E-state index in [0.29, 0.717) is 6.92 Å². The van der Waals surface area contributed by atoms with E-state index >= 15 is 0 Å². The fraction of sp³-hybridized carbons (Fsp3) is 0.471. The number of urea groups is 1. The number of fused-ring (bicyclic) bond motifs is 1. The van der Waals surface area contributed by atoms with Crippen molar-refractivity contribution in [2.75, 3.05) is 12.4 Å². The number of anilines is 1. The van der Waals surface area contributed by atoms with Gasteiger partial charge in [-0.2, -0.15) is 0 Å². The lowest BCUT2D eigenvalue weighted by atomic mass is 9.81. The van der Waals surface area contributed by atoms with Gasteiger partial charge >= 0.3 is 6.03 Å². The van der Waals surface area contributed by atoms with E-state index < -0.39 is 23.3 Å². The Bertz CT molecular complexity index is 744. The van der Waals surface area contributed by atoms with Gasteiger partial charge in [-0.1, -0.05) is 11.8 Å². The molecule has 4 nitrogen and oxygen atoms in total. The fourth-order valence-corrected chi connectivity index (χ4v) is 2.74. The number of amides is 2. The Labute approximate surface area is 138 Å². The SMILES string of the molecule is CNCc1cc2c(cc1F)[C@@](C#CC1CC1)(C(C)(F)F)NC(=O)N2. The molecule has 24 heavy (non-hydrogen) atoms. The normalized spacial score (nSPS) is 22.8. The van der Waals surface area contributed by atoms with E-state index in [1.807, 2.05) is 0 Å². The zero-order valence-electron chi connectivity index (χ0n) is 13.4. The van der Waals surface area contributed by atoms with Gasteiger partial charge in [-0.3, -0.25) is 0 Å². The number of rotatable bonds is 3. The molecule has 1 saturated carbocycles. The third kappa shape index (κ3) is 2.82. The van der Waals surface area contributed by atoms with Crippen molar-refractivity contribution < 1.29 is 18.0 Å². The van der Waals surface area contributed by atoms with Crippen molar-refractivity contribution in [3.05, 3.63) is 29.1 Å². The first-order valence-electron chi connectivity index (χ1n) is 7.74. The first-order valence-corrected chi connectivity index (χ1v) is 7.74. The van der Waals surface area contributed by atoms with Crippen molar-refractivity contribution in [2.24, 2.45) is 5.92 Å². The highest BCUT2D eigenvalue weighted by atomic mass is 19.3. The summed E-state index contributed by atoms with van der Waals surface area (Å²) in [7, 11) is 1.64. The predicted molar refractivity (Wildman–Crippen MR) is 84.1 cm³/mol. The zero-order valence-corrected chi connectivity index (χ0v) is 13.4. The molecule has 128 valence electrons. The number of alkyl halides is 2. The Hall–Kier alpha value is -2.20. The number of nitrogens with one attached hydrogen (secondary N) is 3. The van der Waals surface area contributed by atoms with E-state index in [4.69, 9.17) is 0 Å². The fourth-order valence-electron chi connectivity index (χ4n) is 2.74. The molecule has 1 aliphatic carbocycles. The third-order valence-corrected chi connectivity index (χ3v) is 4.21. The second-order valence-corrected chi connectivity index (χ2v) is 6.28. The van der Waals surface area contributed by atoms with Crippen molar-refractivity contribution in [3.8, 4) is 11.8 Å². The smallest absolute Gasteiger partial charge is 0.316 e. The molecule has 1 aliphatic heterocycles. The quantitative estimate of drug-likeness (QED) is 0.743. The average Bonchev–Trinajstić information content (AvgIpc) is 3.29. The molecule has 7 heteroatoms. The van der Waals surface area contributed by atoms with Gasteiger partial charge in [-0.15, -0.1) is 0 Å². The van der Waals surface area contributed by atoms with Gasteiger partial charge in [0.1, 0.15) is 5.82 Å². The molecule has 1 heterocycles. The molecule has 0 spiro atoms. The number of carbonyl (C=O) groups is 1. The van der Waals surface area contributed by atoms with Crippen molar-refractivity contribution in [3.63, 3.8) is 0 Å². The number of carbonyl (C=O) groups excluding carboxylic acids is 1. The van der Waals surface area contributed by atoms with Gasteiger partial charge in [0.05, 0.1) is 0 Å². The lowest BCUT2D eigenvalue weighted by molar-refractivity contribution is -0.0465. The molecule has 1 aromatic rings. The van der Waals surface area contributed by atoms with Crippen LogP contribution in [0.4, 0.5) is 23.7 Å². The van der Waals surface area contributed by atoms with Gasteiger partial charge in [-0.05, 0) is 32.0 Å². The minimum absolute atomic E-state index is 0.0555. The first kappa shape index (κ1) is 16.7. The summed E-state index contributed by atoms with van der Waals surface area (Å²) in [6.07, 6.45) is 1.71. The van der Waals surface area contributed by atoms with Crippen LogP contribution in [0.1, 0.15) is 30.9 Å². The summed E-state index contributed by atoms with van der Waals surface area (Å²) in [6.45, 7) is 0.898. The lowest BCUT2D eigenvalue weighted by Gasteiger charge is -2.40. The summed E-state index contributed by atoms with van der Waals surface area (Å²) in [5.41, 5.74) is -1.87. The highest BCUT2D eigenvalue weighted by Gasteiger charge is 2.55. The summed E-state index contributed by atoms with van der Waals surface area (Å²) >= 11 is 0. The van der Waals surface area contributed by atoms with Crippen LogP contribution in [0.5, 0.6) is 0 Å². The minimum atomic E-state index is -3.39. The van der Waals surface area contributed by atoms with Crippen LogP contribution in [0, 0.1) is 23.6 Å². The first-order chi connectivity index (χ1) is 11.3. The van der Waals surface area contributed by atoms with E-state index in [0.717, 1.165) is 18.9 Å². The Kier molecular flexibility index (Phi) is 3.96. The molecule has 0 radical (unpaired) electrons. The molecule has 1 fully saturated rings. The van der Waals surface area contributed by atoms with Gasteiger partial charge in [0.15, 0.2) is 5.54 Å². The second-order valence-electron chi connectivity index (χ2n) is 6.28. The van der Waals surface area contributed by atoms with Crippen LogP contribution in [-0.4, -0.2) is 19.0 Å². The van der Waals surface area contributed by atoms with E-state index in [1.54, 1.807) is 7.05 Å². The Morgan fingerprint density at radius 3 is 2.71 bits per heavy atom. The molecular weight excluding hydrogens is 319 g/mol. The van der Waals surface area contributed by atoms with Gasteiger partial charge in [0.25, 0.3) is 5.92 Å². The van der Waals surface area contributed by atoms with Crippen LogP contribution < -0.4 is 16.0 Å². The molecule has 0 bridgehead atoms. The van der Waals surface area contributed by atoms with Crippen LogP contribution in [0.3, 0.4) is 0 Å². The minimum Gasteiger partial charge on any atom is -0.316 e. The third-order valence-electron chi connectivity index (χ3n) is 4.21. The summed E-state index contributed by atoms with van der Waals surface area (Å²) < 4.78 is 43.3. The molecule has 2 aliphatic rings. The number of hydrogen-bond acceptors (Lipinski definition) is 2. The lowest BCUT2D eigenvalue weighted by Crippen LogP contribution is -2.59. The van der Waals surface area contributed by atoms with Crippen molar-refractivity contribution in [2.45, 2.75) is 37.8 Å². The van der Waals surface area contributed by atoms with Crippen LogP contribution in [-0.2, 0) is 12.1 Å². The number of halogens is 3. The highest BCUT2D eigenvalue weighted by molar-refractivity contribution is 5.95. The molecule has 0 aromatic heterocycles. The van der Waals surface area contributed by atoms with E-state index in [1.165, 1.54) is 6.07 Å². The van der Waals surface area contributed by atoms with Crippen LogP contribution in [0.2, 0.25) is 0 Å². The number of benzene rings is 1. The van der Waals surface area contributed by atoms with Crippen molar-refractivity contribution in [1.82, 2.24) is 10.6 Å². The Morgan fingerprint density at radius 2 is 2.12 bits per heavy atom. The maximum atomic E-state index is 14.5. The molecule has 0 saturated heterocycles. The van der Waals surface area contributed by atoms with Crippen LogP contribution in [0.15, 0.2) is 12.1 Å². The number of hydrogen-bond donors (Lipinski definition) is 3. The molecule has 1 aromatic carbocycles. The summed E-state index contributed by atoms with van der Waals surface area (Å²) in [5.74, 6) is 1.39. The molecule has 3 N–H and O–H groups in total.